The number of carbonyl (C=O) groups is 1. The summed E-state index contributed by atoms with van der Waals surface area (Å²) in [6, 6.07) is 6.11. The van der Waals surface area contributed by atoms with E-state index in [9.17, 15) is 13.2 Å². The van der Waals surface area contributed by atoms with Crippen LogP contribution >= 0.6 is 0 Å². The quantitative estimate of drug-likeness (QED) is 0.720. The molecule has 1 amide bonds. The molecule has 0 radical (unpaired) electrons. The summed E-state index contributed by atoms with van der Waals surface area (Å²) in [5, 5.41) is 2.90. The van der Waals surface area contributed by atoms with Gasteiger partial charge >= 0.3 is 0 Å². The monoisotopic (exact) mass is 397 g/mol. The Morgan fingerprint density at radius 3 is 2.22 bits per heavy atom. The molecule has 1 aromatic rings. The first-order chi connectivity index (χ1) is 12.8. The van der Waals surface area contributed by atoms with Gasteiger partial charge in [-0.15, -0.1) is 0 Å². The standard InChI is InChI=1S/C19H31N3O4S/c1-5-22(6-2)27(24,25)18-9-7-17(8-10-18)19(23)20-11-12-21-13-15(3)26-16(4)14-21/h7-10,15-16H,5-6,11-14H2,1-4H3,(H,20,23). The summed E-state index contributed by atoms with van der Waals surface area (Å²) < 4.78 is 32.1. The van der Waals surface area contributed by atoms with Crippen LogP contribution in [0, 0.1) is 0 Å². The molecule has 1 heterocycles. The molecular weight excluding hydrogens is 366 g/mol. The van der Waals surface area contributed by atoms with E-state index >= 15 is 0 Å². The summed E-state index contributed by atoms with van der Waals surface area (Å²) in [6.45, 7) is 11.6. The second kappa shape index (κ2) is 9.64. The van der Waals surface area contributed by atoms with Gasteiger partial charge in [0.05, 0.1) is 17.1 Å². The highest BCUT2D eigenvalue weighted by atomic mass is 32.2. The first kappa shape index (κ1) is 21.8. The molecule has 0 saturated carbocycles. The van der Waals surface area contributed by atoms with Crippen LogP contribution in [0.25, 0.3) is 0 Å². The van der Waals surface area contributed by atoms with E-state index in [1.54, 1.807) is 26.0 Å². The third-order valence-electron chi connectivity index (χ3n) is 4.67. The van der Waals surface area contributed by atoms with Crippen LogP contribution in [0.4, 0.5) is 0 Å². The minimum atomic E-state index is -3.50. The van der Waals surface area contributed by atoms with E-state index in [-0.39, 0.29) is 23.0 Å². The van der Waals surface area contributed by atoms with E-state index in [0.29, 0.717) is 25.2 Å². The van der Waals surface area contributed by atoms with Crippen LogP contribution in [-0.2, 0) is 14.8 Å². The van der Waals surface area contributed by atoms with Crippen molar-refractivity contribution in [1.29, 1.82) is 0 Å². The number of nitrogens with zero attached hydrogens (tertiary/aromatic N) is 2. The Morgan fingerprint density at radius 1 is 1.15 bits per heavy atom. The predicted octanol–water partition coefficient (Wildman–Crippen LogP) is 1.56. The average Bonchev–Trinajstić information content (AvgIpc) is 2.61. The van der Waals surface area contributed by atoms with Crippen LogP contribution in [0.3, 0.4) is 0 Å². The van der Waals surface area contributed by atoms with Crippen LogP contribution in [0.15, 0.2) is 29.2 Å². The van der Waals surface area contributed by atoms with Gasteiger partial charge in [-0.05, 0) is 38.1 Å². The van der Waals surface area contributed by atoms with E-state index in [1.165, 1.54) is 16.4 Å². The number of rotatable bonds is 8. The summed E-state index contributed by atoms with van der Waals surface area (Å²) in [7, 11) is -3.50. The van der Waals surface area contributed by atoms with Gasteiger partial charge in [-0.25, -0.2) is 8.42 Å². The molecular formula is C19H31N3O4S. The summed E-state index contributed by atoms with van der Waals surface area (Å²) in [5.74, 6) is -0.198. The Hall–Kier alpha value is -1.48. The number of hydrogen-bond donors (Lipinski definition) is 1. The Morgan fingerprint density at radius 2 is 1.70 bits per heavy atom. The third kappa shape index (κ3) is 5.75. The van der Waals surface area contributed by atoms with E-state index in [4.69, 9.17) is 4.74 Å². The lowest BCUT2D eigenvalue weighted by atomic mass is 10.2. The van der Waals surface area contributed by atoms with Crippen molar-refractivity contribution in [3.63, 3.8) is 0 Å². The van der Waals surface area contributed by atoms with Gasteiger partial charge in [0.1, 0.15) is 0 Å². The molecule has 0 aliphatic carbocycles. The number of morpholine rings is 1. The maximum absolute atomic E-state index is 12.5. The maximum atomic E-state index is 12.5. The number of sulfonamides is 1. The van der Waals surface area contributed by atoms with Gasteiger partial charge in [0.2, 0.25) is 10.0 Å². The molecule has 2 atom stereocenters. The van der Waals surface area contributed by atoms with E-state index < -0.39 is 10.0 Å². The van der Waals surface area contributed by atoms with Crippen molar-refractivity contribution in [1.82, 2.24) is 14.5 Å². The highest BCUT2D eigenvalue weighted by Gasteiger charge is 2.23. The van der Waals surface area contributed by atoms with Crippen molar-refractivity contribution in [2.24, 2.45) is 0 Å². The molecule has 2 rings (SSSR count). The van der Waals surface area contributed by atoms with Gasteiger partial charge in [0, 0.05) is 44.8 Å². The van der Waals surface area contributed by atoms with Crippen molar-refractivity contribution in [2.75, 3.05) is 39.3 Å². The largest absolute Gasteiger partial charge is 0.373 e. The van der Waals surface area contributed by atoms with Gasteiger partial charge in [-0.3, -0.25) is 9.69 Å². The second-order valence-electron chi connectivity index (χ2n) is 6.89. The highest BCUT2D eigenvalue weighted by molar-refractivity contribution is 7.89. The van der Waals surface area contributed by atoms with Gasteiger partial charge in [0.25, 0.3) is 5.91 Å². The Balaban J connectivity index is 1.90. The molecule has 1 saturated heterocycles. The Labute approximate surface area is 162 Å². The van der Waals surface area contributed by atoms with Crippen molar-refractivity contribution < 1.29 is 17.9 Å². The van der Waals surface area contributed by atoms with Crippen LogP contribution in [-0.4, -0.2) is 75.0 Å². The molecule has 152 valence electrons. The van der Waals surface area contributed by atoms with Crippen molar-refractivity contribution in [2.45, 2.75) is 44.8 Å². The minimum absolute atomic E-state index is 0.198. The average molecular weight is 398 g/mol. The van der Waals surface area contributed by atoms with E-state index in [1.807, 2.05) is 0 Å². The second-order valence-corrected chi connectivity index (χ2v) is 8.82. The Bertz CT molecular complexity index is 707. The maximum Gasteiger partial charge on any atom is 0.251 e. The molecule has 1 N–H and O–H groups in total. The van der Waals surface area contributed by atoms with Crippen LogP contribution < -0.4 is 5.32 Å². The molecule has 0 bridgehead atoms. The Kier molecular flexibility index (Phi) is 7.79. The highest BCUT2D eigenvalue weighted by Crippen LogP contribution is 2.16. The summed E-state index contributed by atoms with van der Waals surface area (Å²) in [6.07, 6.45) is 0.398. The number of ether oxygens (including phenoxy) is 1. The fourth-order valence-electron chi connectivity index (χ4n) is 3.39. The number of carbonyl (C=O) groups excluding carboxylic acids is 1. The van der Waals surface area contributed by atoms with Gasteiger partial charge in [0.15, 0.2) is 0 Å². The fourth-order valence-corrected chi connectivity index (χ4v) is 4.85. The lowest BCUT2D eigenvalue weighted by Crippen LogP contribution is -2.47. The van der Waals surface area contributed by atoms with Crippen molar-refractivity contribution in [3.05, 3.63) is 29.8 Å². The van der Waals surface area contributed by atoms with Gasteiger partial charge in [-0.2, -0.15) is 4.31 Å². The van der Waals surface area contributed by atoms with Crippen molar-refractivity contribution in [3.8, 4) is 0 Å². The number of nitrogens with one attached hydrogen (secondary N) is 1. The normalized spacial score (nSPS) is 21.4. The van der Waals surface area contributed by atoms with Crippen molar-refractivity contribution >= 4 is 15.9 Å². The molecule has 2 unspecified atom stereocenters. The topological polar surface area (TPSA) is 79.0 Å². The van der Waals surface area contributed by atoms with Gasteiger partial charge < -0.3 is 10.1 Å². The van der Waals surface area contributed by atoms with Crippen LogP contribution in [0.5, 0.6) is 0 Å². The zero-order valence-electron chi connectivity index (χ0n) is 16.6. The lowest BCUT2D eigenvalue weighted by molar-refractivity contribution is -0.0672. The molecule has 7 nitrogen and oxygen atoms in total. The molecule has 1 fully saturated rings. The minimum Gasteiger partial charge on any atom is -0.373 e. The molecule has 1 aliphatic rings. The summed E-state index contributed by atoms with van der Waals surface area (Å²) >= 11 is 0. The number of amides is 1. The first-order valence-electron chi connectivity index (χ1n) is 9.54. The number of hydrogen-bond acceptors (Lipinski definition) is 5. The lowest BCUT2D eigenvalue weighted by Gasteiger charge is -2.35. The molecule has 27 heavy (non-hydrogen) atoms. The van der Waals surface area contributed by atoms with Crippen LogP contribution in [0.2, 0.25) is 0 Å². The summed E-state index contributed by atoms with van der Waals surface area (Å²) in [4.78, 5) is 14.8. The zero-order chi connectivity index (χ0) is 20.0. The van der Waals surface area contributed by atoms with E-state index in [2.05, 4.69) is 24.1 Å². The predicted molar refractivity (Wildman–Crippen MR) is 105 cm³/mol. The van der Waals surface area contributed by atoms with Crippen LogP contribution in [0.1, 0.15) is 38.1 Å². The molecule has 1 aromatic carbocycles. The molecule has 0 aromatic heterocycles. The third-order valence-corrected chi connectivity index (χ3v) is 6.73. The van der Waals surface area contributed by atoms with Gasteiger partial charge in [-0.1, -0.05) is 13.8 Å². The number of benzene rings is 1. The SMILES string of the molecule is CCN(CC)S(=O)(=O)c1ccc(C(=O)NCCN2CC(C)OC(C)C2)cc1. The first-order valence-corrected chi connectivity index (χ1v) is 11.0. The van der Waals surface area contributed by atoms with E-state index in [0.717, 1.165) is 19.6 Å². The molecule has 1 aliphatic heterocycles. The fraction of sp³-hybridized carbons (Fsp3) is 0.632. The summed E-state index contributed by atoms with van der Waals surface area (Å²) in [5.41, 5.74) is 0.456. The smallest absolute Gasteiger partial charge is 0.251 e. The zero-order valence-corrected chi connectivity index (χ0v) is 17.5. The molecule has 0 spiro atoms. The molecule has 8 heteroatoms.